The lowest BCUT2D eigenvalue weighted by molar-refractivity contribution is -0.155. The molecule has 3 fully saturated rings. The molecule has 0 radical (unpaired) electrons. The predicted molar refractivity (Wildman–Crippen MR) is 111 cm³/mol. The van der Waals surface area contributed by atoms with Crippen LogP contribution in [0.2, 0.25) is 0 Å². The number of carbonyl (C=O) groups is 4. The molecule has 0 saturated carbocycles. The lowest BCUT2D eigenvalue weighted by Gasteiger charge is -2.48. The molecule has 1 aromatic carbocycles. The number of imide groups is 1. The highest BCUT2D eigenvalue weighted by Crippen LogP contribution is 2.53. The summed E-state index contributed by atoms with van der Waals surface area (Å²) in [6, 6.07) is 6.90. The van der Waals surface area contributed by atoms with Crippen molar-refractivity contribution in [3.05, 3.63) is 35.4 Å². The lowest BCUT2D eigenvalue weighted by atomic mass is 9.78. The van der Waals surface area contributed by atoms with Gasteiger partial charge in [-0.05, 0) is 29.5 Å². The summed E-state index contributed by atoms with van der Waals surface area (Å²) in [5.41, 5.74) is 0.205. The molecule has 3 aliphatic rings. The van der Waals surface area contributed by atoms with Crippen LogP contribution in [0.1, 0.15) is 50.0 Å². The summed E-state index contributed by atoms with van der Waals surface area (Å²) in [5, 5.41) is 0. The van der Waals surface area contributed by atoms with E-state index in [1.165, 1.54) is 7.05 Å². The second-order valence-electron chi connectivity index (χ2n) is 9.77. The van der Waals surface area contributed by atoms with E-state index >= 15 is 0 Å². The molecule has 160 valence electrons. The standard InChI is InChI=1S/C23H29N3O4/c1-7-23-17-16(19(28)25(6)20(17)29)15(12-24(5)21(23)30)26(23)18(27)13-8-10-14(11-9-13)22(2,3)4/h8-11,15-17H,7,12H2,1-6H3/t15-,16+,17-,23-/m1/s1. The van der Waals surface area contributed by atoms with E-state index in [9.17, 15) is 19.2 Å². The van der Waals surface area contributed by atoms with Gasteiger partial charge in [-0.25, -0.2) is 0 Å². The smallest absolute Gasteiger partial charge is 0.255 e. The summed E-state index contributed by atoms with van der Waals surface area (Å²) in [6.45, 7) is 8.37. The quantitative estimate of drug-likeness (QED) is 0.694. The van der Waals surface area contributed by atoms with Crippen LogP contribution in [0.4, 0.5) is 0 Å². The molecule has 4 atom stereocenters. The SMILES string of the molecule is CC[C@]12C(=O)N(C)C[C@H]([C@@H]3C(=O)N(C)C(=O)[C@@H]31)N2C(=O)c1ccc(C(C)(C)C)cc1. The van der Waals surface area contributed by atoms with E-state index in [-0.39, 0.29) is 42.0 Å². The minimum absolute atomic E-state index is 0.0461. The van der Waals surface area contributed by atoms with Gasteiger partial charge >= 0.3 is 0 Å². The van der Waals surface area contributed by atoms with Gasteiger partial charge in [0.25, 0.3) is 5.91 Å². The Labute approximate surface area is 177 Å². The Bertz CT molecular complexity index is 948. The fourth-order valence-electron chi connectivity index (χ4n) is 5.58. The first-order chi connectivity index (χ1) is 14.0. The van der Waals surface area contributed by atoms with Crippen LogP contribution in [-0.2, 0) is 19.8 Å². The summed E-state index contributed by atoms with van der Waals surface area (Å²) in [4.78, 5) is 57.3. The third kappa shape index (κ3) is 2.44. The van der Waals surface area contributed by atoms with E-state index in [4.69, 9.17) is 0 Å². The molecule has 0 unspecified atom stereocenters. The average molecular weight is 412 g/mol. The number of nitrogens with zero attached hydrogens (tertiary/aromatic N) is 3. The summed E-state index contributed by atoms with van der Waals surface area (Å²) in [7, 11) is 3.15. The van der Waals surface area contributed by atoms with Crippen LogP contribution in [0.15, 0.2) is 24.3 Å². The van der Waals surface area contributed by atoms with Crippen molar-refractivity contribution in [3.8, 4) is 0 Å². The highest BCUT2D eigenvalue weighted by molar-refractivity contribution is 6.13. The van der Waals surface area contributed by atoms with E-state index < -0.39 is 23.4 Å². The van der Waals surface area contributed by atoms with Gasteiger partial charge in [-0.2, -0.15) is 0 Å². The Morgan fingerprint density at radius 1 is 1.07 bits per heavy atom. The van der Waals surface area contributed by atoms with Crippen LogP contribution in [-0.4, -0.2) is 70.5 Å². The number of hydrogen-bond acceptors (Lipinski definition) is 4. The van der Waals surface area contributed by atoms with Gasteiger partial charge in [0.1, 0.15) is 5.54 Å². The van der Waals surface area contributed by atoms with Gasteiger partial charge in [0.2, 0.25) is 17.7 Å². The van der Waals surface area contributed by atoms with Gasteiger partial charge in [0.15, 0.2) is 0 Å². The number of fused-ring (bicyclic) bond motifs is 5. The van der Waals surface area contributed by atoms with Crippen molar-refractivity contribution < 1.29 is 19.2 Å². The summed E-state index contributed by atoms with van der Waals surface area (Å²) in [6.07, 6.45) is 0.284. The normalized spacial score (nSPS) is 30.9. The number of benzene rings is 1. The topological polar surface area (TPSA) is 78.0 Å². The first-order valence-corrected chi connectivity index (χ1v) is 10.5. The van der Waals surface area contributed by atoms with E-state index in [0.717, 1.165) is 10.5 Å². The maximum atomic E-state index is 13.7. The zero-order valence-electron chi connectivity index (χ0n) is 18.4. The van der Waals surface area contributed by atoms with Gasteiger partial charge in [0, 0.05) is 26.2 Å². The fraction of sp³-hybridized carbons (Fsp3) is 0.565. The predicted octanol–water partition coefficient (Wildman–Crippen LogP) is 1.66. The molecule has 3 saturated heterocycles. The number of carbonyl (C=O) groups excluding carboxylic acids is 4. The van der Waals surface area contributed by atoms with Crippen LogP contribution in [0, 0.1) is 11.8 Å². The summed E-state index contributed by atoms with van der Waals surface area (Å²) < 4.78 is 0. The minimum atomic E-state index is -1.32. The van der Waals surface area contributed by atoms with Gasteiger partial charge in [-0.15, -0.1) is 0 Å². The third-order valence-corrected chi connectivity index (χ3v) is 7.20. The zero-order valence-corrected chi connectivity index (χ0v) is 18.4. The molecular formula is C23H29N3O4. The van der Waals surface area contributed by atoms with Gasteiger partial charge in [-0.1, -0.05) is 39.8 Å². The summed E-state index contributed by atoms with van der Waals surface area (Å²) >= 11 is 0. The van der Waals surface area contributed by atoms with Gasteiger partial charge in [0.05, 0.1) is 17.9 Å². The molecule has 7 nitrogen and oxygen atoms in total. The van der Waals surface area contributed by atoms with Crippen LogP contribution < -0.4 is 0 Å². The Hall–Kier alpha value is -2.70. The molecular weight excluding hydrogens is 382 g/mol. The Morgan fingerprint density at radius 3 is 2.20 bits per heavy atom. The van der Waals surface area contributed by atoms with Crippen molar-refractivity contribution in [3.63, 3.8) is 0 Å². The van der Waals surface area contributed by atoms with E-state index in [0.29, 0.717) is 5.56 Å². The second-order valence-corrected chi connectivity index (χ2v) is 9.77. The van der Waals surface area contributed by atoms with Crippen molar-refractivity contribution >= 4 is 23.6 Å². The number of likely N-dealkylation sites (N-methyl/N-ethyl adjacent to an activating group) is 1. The van der Waals surface area contributed by atoms with E-state index in [1.54, 1.807) is 29.0 Å². The first kappa shape index (κ1) is 20.6. The minimum Gasteiger partial charge on any atom is -0.342 e. The molecule has 0 spiro atoms. The molecule has 0 N–H and O–H groups in total. The number of piperazine rings is 1. The zero-order chi connectivity index (χ0) is 22.2. The molecule has 0 aliphatic carbocycles. The van der Waals surface area contributed by atoms with Gasteiger partial charge in [-0.3, -0.25) is 24.1 Å². The van der Waals surface area contributed by atoms with E-state index in [1.807, 2.05) is 19.1 Å². The molecule has 7 heteroatoms. The van der Waals surface area contributed by atoms with Crippen molar-refractivity contribution in [1.82, 2.24) is 14.7 Å². The number of hydrogen-bond donors (Lipinski definition) is 0. The Kier molecular flexibility index (Phi) is 4.39. The van der Waals surface area contributed by atoms with E-state index in [2.05, 4.69) is 20.8 Å². The molecule has 4 rings (SSSR count). The van der Waals surface area contributed by atoms with Crippen LogP contribution in [0.5, 0.6) is 0 Å². The number of rotatable bonds is 2. The average Bonchev–Trinajstić information content (AvgIpc) is 3.08. The number of likely N-dealkylation sites (tertiary alicyclic amines) is 2. The molecule has 3 heterocycles. The highest BCUT2D eigenvalue weighted by Gasteiger charge is 2.74. The summed E-state index contributed by atoms with van der Waals surface area (Å²) in [5.74, 6) is -2.70. The van der Waals surface area contributed by atoms with Crippen molar-refractivity contribution in [2.24, 2.45) is 11.8 Å². The number of amides is 4. The second kappa shape index (κ2) is 6.40. The van der Waals surface area contributed by atoms with Crippen LogP contribution in [0.3, 0.4) is 0 Å². The maximum Gasteiger partial charge on any atom is 0.255 e. The van der Waals surface area contributed by atoms with Crippen LogP contribution >= 0.6 is 0 Å². The Balaban J connectivity index is 1.82. The largest absolute Gasteiger partial charge is 0.342 e. The molecule has 0 aromatic heterocycles. The molecule has 2 bridgehead atoms. The maximum absolute atomic E-state index is 13.7. The third-order valence-electron chi connectivity index (χ3n) is 7.20. The van der Waals surface area contributed by atoms with Crippen LogP contribution in [0.25, 0.3) is 0 Å². The van der Waals surface area contributed by atoms with Crippen molar-refractivity contribution in [1.29, 1.82) is 0 Å². The molecule has 1 aromatic rings. The first-order valence-electron chi connectivity index (χ1n) is 10.5. The fourth-order valence-corrected chi connectivity index (χ4v) is 5.58. The monoisotopic (exact) mass is 411 g/mol. The highest BCUT2D eigenvalue weighted by atomic mass is 16.2. The van der Waals surface area contributed by atoms with Gasteiger partial charge < -0.3 is 9.80 Å². The molecule has 4 amide bonds. The molecule has 3 aliphatic heterocycles. The van der Waals surface area contributed by atoms with Crippen molar-refractivity contribution in [2.75, 3.05) is 20.6 Å². The lowest BCUT2D eigenvalue weighted by Crippen LogP contribution is -2.68. The van der Waals surface area contributed by atoms with Crippen molar-refractivity contribution in [2.45, 2.75) is 51.1 Å². The molecule has 30 heavy (non-hydrogen) atoms. The Morgan fingerprint density at radius 2 is 1.67 bits per heavy atom.